The standard InChI is InChI=1S/C29H34F2N2O5/c30-29(31)7-5-17(6-8-29)15-38-23-21(4-3-20-2-1-9-32-22(20)23)25(34)33-24(26(35)36)27-11-18-10-19(12-27)14-28(37,13-18)16-27/h1-4,9,17-19,24,37H,5-8,10-16H2,(H,33,34)(H,35,36)/t18-,19+,24-,27?,28?/m1/s1. The van der Waals surface area contributed by atoms with Crippen molar-refractivity contribution in [2.45, 2.75) is 81.8 Å². The van der Waals surface area contributed by atoms with Crippen LogP contribution in [0.5, 0.6) is 5.75 Å². The molecule has 7 nitrogen and oxygen atoms in total. The molecule has 204 valence electrons. The van der Waals surface area contributed by atoms with E-state index in [2.05, 4.69) is 10.3 Å². The van der Waals surface area contributed by atoms with Crippen LogP contribution in [0.1, 0.15) is 74.6 Å². The van der Waals surface area contributed by atoms with Crippen molar-refractivity contribution in [1.29, 1.82) is 0 Å². The highest BCUT2D eigenvalue weighted by Gasteiger charge is 2.61. The molecule has 5 atom stereocenters. The van der Waals surface area contributed by atoms with Gasteiger partial charge in [0, 0.05) is 29.8 Å². The smallest absolute Gasteiger partial charge is 0.326 e. The van der Waals surface area contributed by atoms with E-state index < -0.39 is 34.9 Å². The fourth-order valence-corrected chi connectivity index (χ4v) is 8.22. The molecule has 5 aliphatic carbocycles. The quantitative estimate of drug-likeness (QED) is 0.469. The third-order valence-electron chi connectivity index (χ3n) is 9.48. The first kappa shape index (κ1) is 25.5. The molecule has 1 aromatic heterocycles. The van der Waals surface area contributed by atoms with Gasteiger partial charge in [0.2, 0.25) is 5.92 Å². The second-order valence-corrected chi connectivity index (χ2v) is 12.4. The molecule has 3 N–H and O–H groups in total. The number of pyridine rings is 1. The number of carbonyl (C=O) groups is 2. The Kier molecular flexibility index (Phi) is 6.13. The molecule has 5 fully saturated rings. The first-order chi connectivity index (χ1) is 18.0. The third-order valence-corrected chi connectivity index (χ3v) is 9.48. The average molecular weight is 529 g/mol. The molecule has 5 aliphatic rings. The second-order valence-electron chi connectivity index (χ2n) is 12.4. The molecule has 5 saturated carbocycles. The molecule has 2 aromatic rings. The van der Waals surface area contributed by atoms with Gasteiger partial charge in [0.25, 0.3) is 5.91 Å². The lowest BCUT2D eigenvalue weighted by Crippen LogP contribution is -2.64. The van der Waals surface area contributed by atoms with Crippen molar-refractivity contribution in [3.8, 4) is 5.75 Å². The summed E-state index contributed by atoms with van der Waals surface area (Å²) in [6.45, 7) is 0.175. The van der Waals surface area contributed by atoms with Gasteiger partial charge in [-0.05, 0) is 81.3 Å². The molecule has 1 heterocycles. The van der Waals surface area contributed by atoms with Gasteiger partial charge in [-0.25, -0.2) is 13.6 Å². The van der Waals surface area contributed by atoms with Crippen LogP contribution >= 0.6 is 0 Å². The van der Waals surface area contributed by atoms with Crippen molar-refractivity contribution in [3.63, 3.8) is 0 Å². The van der Waals surface area contributed by atoms with Crippen LogP contribution < -0.4 is 10.1 Å². The fourth-order valence-electron chi connectivity index (χ4n) is 8.22. The summed E-state index contributed by atoms with van der Waals surface area (Å²) < 4.78 is 33.4. The minimum atomic E-state index is -2.64. The van der Waals surface area contributed by atoms with E-state index in [9.17, 15) is 28.6 Å². The zero-order valence-electron chi connectivity index (χ0n) is 21.3. The predicted octanol–water partition coefficient (Wildman–Crippen LogP) is 4.95. The van der Waals surface area contributed by atoms with Crippen molar-refractivity contribution in [1.82, 2.24) is 10.3 Å². The zero-order valence-corrected chi connectivity index (χ0v) is 21.3. The summed E-state index contributed by atoms with van der Waals surface area (Å²) in [7, 11) is 0. The number of ether oxygens (including phenoxy) is 1. The first-order valence-corrected chi connectivity index (χ1v) is 13.7. The molecular weight excluding hydrogens is 494 g/mol. The van der Waals surface area contributed by atoms with Crippen molar-refractivity contribution in [2.75, 3.05) is 6.61 Å². The number of alkyl halides is 2. The van der Waals surface area contributed by atoms with E-state index in [4.69, 9.17) is 4.74 Å². The van der Waals surface area contributed by atoms with Gasteiger partial charge in [0.05, 0.1) is 17.8 Å². The van der Waals surface area contributed by atoms with Crippen LogP contribution in [0.3, 0.4) is 0 Å². The molecular formula is C29H34F2N2O5. The molecule has 4 bridgehead atoms. The lowest BCUT2D eigenvalue weighted by Gasteiger charge is -2.61. The summed E-state index contributed by atoms with van der Waals surface area (Å²) in [4.78, 5) is 30.7. The van der Waals surface area contributed by atoms with E-state index >= 15 is 0 Å². The Labute approximate surface area is 220 Å². The second kappa shape index (κ2) is 9.14. The van der Waals surface area contributed by atoms with E-state index in [0.717, 1.165) is 11.8 Å². The van der Waals surface area contributed by atoms with Crippen LogP contribution in [0, 0.1) is 23.2 Å². The molecule has 1 amide bonds. The summed E-state index contributed by atoms with van der Waals surface area (Å²) >= 11 is 0. The van der Waals surface area contributed by atoms with E-state index in [1.807, 2.05) is 6.07 Å². The van der Waals surface area contributed by atoms with Crippen LogP contribution in [0.25, 0.3) is 10.9 Å². The van der Waals surface area contributed by atoms with E-state index in [1.165, 1.54) is 0 Å². The van der Waals surface area contributed by atoms with Gasteiger partial charge >= 0.3 is 5.97 Å². The number of hydrogen-bond acceptors (Lipinski definition) is 5. The number of carbonyl (C=O) groups excluding carboxylic acids is 1. The highest BCUT2D eigenvalue weighted by molar-refractivity contribution is 6.04. The molecule has 0 saturated heterocycles. The van der Waals surface area contributed by atoms with E-state index in [-0.39, 0.29) is 48.5 Å². The number of nitrogens with one attached hydrogen (secondary N) is 1. The number of carboxylic acids is 1. The molecule has 38 heavy (non-hydrogen) atoms. The van der Waals surface area contributed by atoms with E-state index in [1.54, 1.807) is 24.4 Å². The van der Waals surface area contributed by atoms with Gasteiger partial charge in [0.15, 0.2) is 5.75 Å². The number of aliphatic carboxylic acids is 1. The number of nitrogens with zero attached hydrogens (tertiary/aromatic N) is 1. The summed E-state index contributed by atoms with van der Waals surface area (Å²) in [5, 5.41) is 25.0. The monoisotopic (exact) mass is 528 g/mol. The van der Waals surface area contributed by atoms with Crippen LogP contribution in [0.4, 0.5) is 8.78 Å². The topological polar surface area (TPSA) is 109 Å². The Bertz CT molecular complexity index is 1240. The third kappa shape index (κ3) is 4.63. The number of halogens is 2. The van der Waals surface area contributed by atoms with Crippen LogP contribution in [-0.2, 0) is 4.79 Å². The molecule has 7 rings (SSSR count). The van der Waals surface area contributed by atoms with Gasteiger partial charge in [-0.1, -0.05) is 12.1 Å². The SMILES string of the molecule is O=C(N[C@H](C(=O)O)C12C[C@@H]3C[C@@H](CC(O)(C3)C1)C2)c1ccc2cccnc2c1OCC1CCC(F)(F)CC1. The Balaban J connectivity index is 1.27. The molecule has 0 spiro atoms. The summed E-state index contributed by atoms with van der Waals surface area (Å²) in [6, 6.07) is 5.83. The summed E-state index contributed by atoms with van der Waals surface area (Å²) in [6.07, 6.45) is 6.04. The highest BCUT2D eigenvalue weighted by Crippen LogP contribution is 2.62. The van der Waals surface area contributed by atoms with Gasteiger partial charge in [-0.3, -0.25) is 9.78 Å². The average Bonchev–Trinajstić information content (AvgIpc) is 2.84. The van der Waals surface area contributed by atoms with Crippen LogP contribution in [0.2, 0.25) is 0 Å². The molecule has 0 radical (unpaired) electrons. The normalized spacial score (nSPS) is 32.7. The van der Waals surface area contributed by atoms with Gasteiger partial charge in [0.1, 0.15) is 11.6 Å². The Morgan fingerprint density at radius 3 is 2.47 bits per heavy atom. The number of rotatable bonds is 7. The molecule has 0 aliphatic heterocycles. The van der Waals surface area contributed by atoms with Crippen molar-refractivity contribution in [2.24, 2.45) is 23.2 Å². The largest absolute Gasteiger partial charge is 0.490 e. The van der Waals surface area contributed by atoms with Crippen molar-refractivity contribution >= 4 is 22.8 Å². The highest BCUT2D eigenvalue weighted by atomic mass is 19.3. The fraction of sp³-hybridized carbons (Fsp3) is 0.621. The van der Waals surface area contributed by atoms with Crippen molar-refractivity contribution in [3.05, 3.63) is 36.0 Å². The number of carboxylic acid groups (broad SMARTS) is 1. The van der Waals surface area contributed by atoms with Crippen molar-refractivity contribution < 1.29 is 33.3 Å². The number of hydrogen-bond donors (Lipinski definition) is 3. The maximum atomic E-state index is 13.7. The maximum absolute atomic E-state index is 13.7. The summed E-state index contributed by atoms with van der Waals surface area (Å²) in [5.74, 6) is -3.60. The van der Waals surface area contributed by atoms with Gasteiger partial charge in [-0.15, -0.1) is 0 Å². The molecule has 9 heteroatoms. The number of aromatic nitrogens is 1. The van der Waals surface area contributed by atoms with Crippen LogP contribution in [0.15, 0.2) is 30.5 Å². The Morgan fingerprint density at radius 2 is 1.82 bits per heavy atom. The number of fused-ring (bicyclic) bond motifs is 1. The lowest BCUT2D eigenvalue weighted by molar-refractivity contribution is -0.181. The first-order valence-electron chi connectivity index (χ1n) is 13.7. The summed E-state index contributed by atoms with van der Waals surface area (Å²) in [5.41, 5.74) is -0.908. The van der Waals surface area contributed by atoms with E-state index in [0.29, 0.717) is 50.5 Å². The Hall–Kier alpha value is -2.81. The molecule has 1 aromatic carbocycles. The van der Waals surface area contributed by atoms with Gasteiger partial charge in [-0.2, -0.15) is 0 Å². The minimum absolute atomic E-state index is 0.0657. The van der Waals surface area contributed by atoms with Gasteiger partial charge < -0.3 is 20.3 Å². The predicted molar refractivity (Wildman–Crippen MR) is 135 cm³/mol. The lowest BCUT2D eigenvalue weighted by atomic mass is 9.46. The number of amides is 1. The zero-order chi connectivity index (χ0) is 26.7. The minimum Gasteiger partial charge on any atom is -0.490 e. The number of aliphatic hydroxyl groups is 1. The number of benzene rings is 1. The Morgan fingerprint density at radius 1 is 1.11 bits per heavy atom. The molecule has 2 unspecified atom stereocenters. The van der Waals surface area contributed by atoms with Crippen LogP contribution in [-0.4, -0.2) is 51.2 Å². The maximum Gasteiger partial charge on any atom is 0.326 e.